The molecule has 1 aromatic carbocycles. The number of nitrogens with one attached hydrogen (secondary N) is 1. The van der Waals surface area contributed by atoms with Crippen molar-refractivity contribution in [1.29, 1.82) is 5.26 Å². The number of nitriles is 1. The van der Waals surface area contributed by atoms with Gasteiger partial charge in [0, 0.05) is 26.2 Å². The molecule has 1 N–H and O–H groups in total. The Balaban J connectivity index is 2.91. The van der Waals surface area contributed by atoms with Gasteiger partial charge in [-0.25, -0.2) is 0 Å². The number of nitrogens with zero attached hydrogens (tertiary/aromatic N) is 2. The van der Waals surface area contributed by atoms with Crippen LogP contribution in [-0.4, -0.2) is 19.6 Å². The second kappa shape index (κ2) is 6.76. The predicted octanol–water partition coefficient (Wildman–Crippen LogP) is 3.54. The van der Waals surface area contributed by atoms with E-state index in [1.165, 1.54) is 0 Å². The van der Waals surface area contributed by atoms with Crippen LogP contribution in [0.25, 0.3) is 0 Å². The Morgan fingerprint density at radius 3 is 2.45 bits per heavy atom. The van der Waals surface area contributed by atoms with Crippen LogP contribution >= 0.6 is 0 Å². The number of anilines is 1. The molecule has 0 bridgehead atoms. The summed E-state index contributed by atoms with van der Waals surface area (Å²) >= 11 is 0. The molecule has 0 saturated carbocycles. The highest BCUT2D eigenvalue weighted by Crippen LogP contribution is 2.24. The first kappa shape index (κ1) is 16.5. The van der Waals surface area contributed by atoms with E-state index in [-0.39, 0.29) is 5.41 Å². The second-order valence-electron chi connectivity index (χ2n) is 6.92. The van der Waals surface area contributed by atoms with E-state index in [2.05, 4.69) is 63.0 Å². The molecule has 1 aromatic rings. The fourth-order valence-corrected chi connectivity index (χ4v) is 2.23. The number of hydrogen-bond donors (Lipinski definition) is 1. The van der Waals surface area contributed by atoms with Gasteiger partial charge in [-0.1, -0.05) is 40.7 Å². The molecule has 20 heavy (non-hydrogen) atoms. The smallest absolute Gasteiger partial charge is 0.101 e. The van der Waals surface area contributed by atoms with Gasteiger partial charge in [-0.15, -0.1) is 0 Å². The first-order valence-corrected chi connectivity index (χ1v) is 7.20. The summed E-state index contributed by atoms with van der Waals surface area (Å²) in [5, 5.41) is 12.7. The summed E-state index contributed by atoms with van der Waals surface area (Å²) in [6, 6.07) is 8.92. The van der Waals surface area contributed by atoms with Gasteiger partial charge < -0.3 is 10.2 Å². The van der Waals surface area contributed by atoms with Gasteiger partial charge in [0.1, 0.15) is 6.07 Å². The van der Waals surface area contributed by atoms with E-state index in [9.17, 15) is 5.26 Å². The molecule has 0 aliphatic heterocycles. The molecule has 0 radical (unpaired) electrons. The SMILES string of the molecule is CC(C)NCc1ccc(N(C)CC(C)(C)C)c(C#N)c1. The highest BCUT2D eigenvalue weighted by Gasteiger charge is 2.16. The summed E-state index contributed by atoms with van der Waals surface area (Å²) in [7, 11) is 2.05. The molecular formula is C17H27N3. The van der Waals surface area contributed by atoms with E-state index in [0.29, 0.717) is 6.04 Å². The number of rotatable bonds is 5. The third kappa shape index (κ3) is 5.22. The third-order valence-corrected chi connectivity index (χ3v) is 3.02. The normalized spacial score (nSPS) is 11.5. The fraction of sp³-hybridized carbons (Fsp3) is 0.588. The monoisotopic (exact) mass is 273 g/mol. The molecule has 110 valence electrons. The van der Waals surface area contributed by atoms with Crippen molar-refractivity contribution in [2.24, 2.45) is 5.41 Å². The molecule has 0 aliphatic carbocycles. The molecule has 0 spiro atoms. The van der Waals surface area contributed by atoms with Crippen molar-refractivity contribution < 1.29 is 0 Å². The number of benzene rings is 1. The molecule has 0 saturated heterocycles. The first-order chi connectivity index (χ1) is 9.23. The van der Waals surface area contributed by atoms with Crippen LogP contribution in [0.2, 0.25) is 0 Å². The Labute approximate surface area is 123 Å². The predicted molar refractivity (Wildman–Crippen MR) is 85.9 cm³/mol. The molecule has 0 atom stereocenters. The van der Waals surface area contributed by atoms with E-state index < -0.39 is 0 Å². The summed E-state index contributed by atoms with van der Waals surface area (Å²) < 4.78 is 0. The van der Waals surface area contributed by atoms with E-state index in [1.54, 1.807) is 0 Å². The van der Waals surface area contributed by atoms with E-state index in [4.69, 9.17) is 0 Å². The van der Waals surface area contributed by atoms with Crippen LogP contribution in [0, 0.1) is 16.7 Å². The largest absolute Gasteiger partial charge is 0.373 e. The Hall–Kier alpha value is -1.53. The fourth-order valence-electron chi connectivity index (χ4n) is 2.23. The molecule has 0 unspecified atom stereocenters. The van der Waals surface area contributed by atoms with Crippen molar-refractivity contribution >= 4 is 5.69 Å². The number of hydrogen-bond acceptors (Lipinski definition) is 3. The lowest BCUT2D eigenvalue weighted by molar-refractivity contribution is 0.419. The standard InChI is InChI=1S/C17H27N3/c1-13(2)19-11-14-7-8-16(15(9-14)10-18)20(6)12-17(3,4)5/h7-9,13,19H,11-12H2,1-6H3. The highest BCUT2D eigenvalue weighted by atomic mass is 15.1. The lowest BCUT2D eigenvalue weighted by Crippen LogP contribution is -2.29. The van der Waals surface area contributed by atoms with E-state index >= 15 is 0 Å². The minimum atomic E-state index is 0.208. The molecule has 0 amide bonds. The Bertz CT molecular complexity index is 478. The van der Waals surface area contributed by atoms with Gasteiger partial charge in [-0.2, -0.15) is 5.26 Å². The maximum Gasteiger partial charge on any atom is 0.101 e. The lowest BCUT2D eigenvalue weighted by atomic mass is 9.95. The zero-order chi connectivity index (χ0) is 15.3. The van der Waals surface area contributed by atoms with Gasteiger partial charge >= 0.3 is 0 Å². The van der Waals surface area contributed by atoms with Crippen molar-refractivity contribution in [1.82, 2.24) is 5.32 Å². The Morgan fingerprint density at radius 2 is 1.95 bits per heavy atom. The molecule has 0 aliphatic rings. The molecule has 1 rings (SSSR count). The first-order valence-electron chi connectivity index (χ1n) is 7.20. The van der Waals surface area contributed by atoms with Crippen molar-refractivity contribution in [3.8, 4) is 6.07 Å². The van der Waals surface area contributed by atoms with Gasteiger partial charge in [0.2, 0.25) is 0 Å². The van der Waals surface area contributed by atoms with Crippen LogP contribution in [0.15, 0.2) is 18.2 Å². The van der Waals surface area contributed by atoms with E-state index in [0.717, 1.165) is 29.9 Å². The average molecular weight is 273 g/mol. The topological polar surface area (TPSA) is 39.1 Å². The minimum Gasteiger partial charge on any atom is -0.373 e. The molecular weight excluding hydrogens is 246 g/mol. The second-order valence-corrected chi connectivity index (χ2v) is 6.92. The van der Waals surface area contributed by atoms with Crippen LogP contribution < -0.4 is 10.2 Å². The molecule has 3 heteroatoms. The van der Waals surface area contributed by atoms with Crippen LogP contribution in [0.3, 0.4) is 0 Å². The minimum absolute atomic E-state index is 0.208. The quantitative estimate of drug-likeness (QED) is 0.892. The molecule has 0 aromatic heterocycles. The molecule has 0 fully saturated rings. The van der Waals surface area contributed by atoms with Crippen molar-refractivity contribution in [2.75, 3.05) is 18.5 Å². The van der Waals surface area contributed by atoms with Crippen LogP contribution in [-0.2, 0) is 6.54 Å². The Morgan fingerprint density at radius 1 is 1.30 bits per heavy atom. The zero-order valence-corrected chi connectivity index (χ0v) is 13.6. The van der Waals surface area contributed by atoms with E-state index in [1.807, 2.05) is 13.1 Å². The maximum atomic E-state index is 9.37. The zero-order valence-electron chi connectivity index (χ0n) is 13.6. The van der Waals surface area contributed by atoms with Crippen LogP contribution in [0.5, 0.6) is 0 Å². The summed E-state index contributed by atoms with van der Waals surface area (Å²) in [6.07, 6.45) is 0. The molecule has 0 heterocycles. The van der Waals surface area contributed by atoms with Gasteiger partial charge in [0.15, 0.2) is 0 Å². The average Bonchev–Trinajstić information content (AvgIpc) is 2.33. The van der Waals surface area contributed by atoms with Crippen LogP contribution in [0.4, 0.5) is 5.69 Å². The lowest BCUT2D eigenvalue weighted by Gasteiger charge is -2.29. The van der Waals surface area contributed by atoms with Gasteiger partial charge in [0.05, 0.1) is 11.3 Å². The summed E-state index contributed by atoms with van der Waals surface area (Å²) in [5.74, 6) is 0. The summed E-state index contributed by atoms with van der Waals surface area (Å²) in [6.45, 7) is 12.6. The van der Waals surface area contributed by atoms with Gasteiger partial charge in [-0.3, -0.25) is 0 Å². The summed E-state index contributed by atoms with van der Waals surface area (Å²) in [4.78, 5) is 2.16. The van der Waals surface area contributed by atoms with Crippen molar-refractivity contribution in [3.63, 3.8) is 0 Å². The molecule has 3 nitrogen and oxygen atoms in total. The van der Waals surface area contributed by atoms with Crippen molar-refractivity contribution in [3.05, 3.63) is 29.3 Å². The highest BCUT2D eigenvalue weighted by molar-refractivity contribution is 5.60. The third-order valence-electron chi connectivity index (χ3n) is 3.02. The van der Waals surface area contributed by atoms with Crippen molar-refractivity contribution in [2.45, 2.75) is 47.2 Å². The van der Waals surface area contributed by atoms with Gasteiger partial charge in [-0.05, 0) is 23.1 Å². The summed E-state index contributed by atoms with van der Waals surface area (Å²) in [5.41, 5.74) is 3.12. The van der Waals surface area contributed by atoms with Gasteiger partial charge in [0.25, 0.3) is 0 Å². The maximum absolute atomic E-state index is 9.37. The van der Waals surface area contributed by atoms with Crippen LogP contribution in [0.1, 0.15) is 45.7 Å². The Kier molecular flexibility index (Phi) is 5.59.